The highest BCUT2D eigenvalue weighted by Gasteiger charge is 2.25. The molecule has 1 saturated heterocycles. The maximum absolute atomic E-state index is 11.4. The highest BCUT2D eigenvalue weighted by Crippen LogP contribution is 2.16. The van der Waals surface area contributed by atoms with Crippen LogP contribution in [0.15, 0.2) is 0 Å². The molecule has 3 unspecified atom stereocenters. The van der Waals surface area contributed by atoms with Gasteiger partial charge in [-0.3, -0.25) is 0 Å². The van der Waals surface area contributed by atoms with Crippen molar-refractivity contribution in [1.29, 1.82) is 0 Å². The summed E-state index contributed by atoms with van der Waals surface area (Å²) in [5.74, 6) is -1.02. The minimum Gasteiger partial charge on any atom is -0.480 e. The third-order valence-electron chi connectivity index (χ3n) is 2.82. The quantitative estimate of drug-likeness (QED) is 0.505. The lowest BCUT2D eigenvalue weighted by atomic mass is 10.0. The Bertz CT molecular complexity index is 278. The zero-order valence-corrected chi connectivity index (χ0v) is 9.68. The van der Waals surface area contributed by atoms with Crippen molar-refractivity contribution in [2.24, 2.45) is 5.92 Å². The number of amides is 2. The summed E-state index contributed by atoms with van der Waals surface area (Å²) >= 11 is 0. The Labute approximate surface area is 99.1 Å². The van der Waals surface area contributed by atoms with E-state index < -0.39 is 24.6 Å². The molecular formula is C10H18N2O5. The Morgan fingerprint density at radius 3 is 2.65 bits per heavy atom. The van der Waals surface area contributed by atoms with Gasteiger partial charge in [-0.1, -0.05) is 0 Å². The number of urea groups is 1. The predicted molar refractivity (Wildman–Crippen MR) is 58.6 cm³/mol. The molecule has 98 valence electrons. The highest BCUT2D eigenvalue weighted by molar-refractivity contribution is 5.82. The molecule has 0 bridgehead atoms. The minimum absolute atomic E-state index is 0.0920. The van der Waals surface area contributed by atoms with Crippen LogP contribution in [0.5, 0.6) is 0 Å². The fourth-order valence-corrected chi connectivity index (χ4v) is 1.66. The van der Waals surface area contributed by atoms with Crippen LogP contribution in [0.3, 0.4) is 0 Å². The van der Waals surface area contributed by atoms with E-state index in [1.54, 1.807) is 0 Å². The SMILES string of the molecule is CC(NC(=O)NC(CO)C(=O)O)C1CCOC1. The lowest BCUT2D eigenvalue weighted by molar-refractivity contribution is -0.140. The van der Waals surface area contributed by atoms with Gasteiger partial charge in [-0.05, 0) is 13.3 Å². The standard InChI is InChI=1S/C10H18N2O5/c1-6(7-2-3-17-5-7)11-10(16)12-8(4-13)9(14)15/h6-8,13H,2-5H2,1H3,(H,14,15)(H2,11,12,16). The molecule has 1 fully saturated rings. The second-order valence-electron chi connectivity index (χ2n) is 4.10. The van der Waals surface area contributed by atoms with E-state index in [1.165, 1.54) is 0 Å². The van der Waals surface area contributed by atoms with Crippen LogP contribution in [0.4, 0.5) is 4.79 Å². The lowest BCUT2D eigenvalue weighted by Crippen LogP contribution is -2.51. The molecule has 3 atom stereocenters. The molecule has 7 heteroatoms. The summed E-state index contributed by atoms with van der Waals surface area (Å²) in [5, 5.41) is 22.2. The zero-order valence-electron chi connectivity index (χ0n) is 9.68. The summed E-state index contributed by atoms with van der Waals surface area (Å²) in [4.78, 5) is 22.0. The third-order valence-corrected chi connectivity index (χ3v) is 2.82. The monoisotopic (exact) mass is 246 g/mol. The van der Waals surface area contributed by atoms with E-state index in [4.69, 9.17) is 14.9 Å². The number of carboxylic acid groups (broad SMARTS) is 1. The number of carbonyl (C=O) groups is 2. The van der Waals surface area contributed by atoms with Gasteiger partial charge in [0, 0.05) is 18.6 Å². The highest BCUT2D eigenvalue weighted by atomic mass is 16.5. The number of ether oxygens (including phenoxy) is 1. The molecule has 0 aromatic carbocycles. The number of carboxylic acids is 1. The van der Waals surface area contributed by atoms with Gasteiger partial charge in [-0.25, -0.2) is 9.59 Å². The maximum atomic E-state index is 11.4. The van der Waals surface area contributed by atoms with Crippen LogP contribution in [0.1, 0.15) is 13.3 Å². The number of carbonyl (C=O) groups excluding carboxylic acids is 1. The molecule has 1 heterocycles. The summed E-state index contributed by atoms with van der Waals surface area (Å²) in [5.41, 5.74) is 0. The normalized spacial score (nSPS) is 22.8. The molecule has 0 saturated carbocycles. The summed E-state index contributed by atoms with van der Waals surface area (Å²) in [7, 11) is 0. The Morgan fingerprint density at radius 2 is 2.18 bits per heavy atom. The summed E-state index contributed by atoms with van der Waals surface area (Å²) in [6.07, 6.45) is 0.879. The van der Waals surface area contributed by atoms with Gasteiger partial charge in [0.1, 0.15) is 0 Å². The third kappa shape index (κ3) is 4.20. The van der Waals surface area contributed by atoms with E-state index in [0.29, 0.717) is 13.2 Å². The Balaban J connectivity index is 2.35. The lowest BCUT2D eigenvalue weighted by Gasteiger charge is -2.20. The first-order valence-electron chi connectivity index (χ1n) is 5.53. The molecule has 1 aliphatic rings. The topological polar surface area (TPSA) is 108 Å². The largest absolute Gasteiger partial charge is 0.480 e. The Hall–Kier alpha value is -1.34. The Morgan fingerprint density at radius 1 is 1.47 bits per heavy atom. The van der Waals surface area contributed by atoms with Crippen LogP contribution in [0, 0.1) is 5.92 Å². The molecule has 1 rings (SSSR count). The molecule has 0 aromatic heterocycles. The zero-order chi connectivity index (χ0) is 12.8. The molecule has 0 aliphatic carbocycles. The summed E-state index contributed by atoms with van der Waals surface area (Å²) < 4.78 is 5.19. The van der Waals surface area contributed by atoms with Gasteiger partial charge < -0.3 is 25.6 Å². The minimum atomic E-state index is -1.28. The van der Waals surface area contributed by atoms with Crippen molar-refractivity contribution >= 4 is 12.0 Å². The van der Waals surface area contributed by atoms with Gasteiger partial charge in [0.15, 0.2) is 6.04 Å². The van der Waals surface area contributed by atoms with E-state index in [-0.39, 0.29) is 12.0 Å². The van der Waals surface area contributed by atoms with Gasteiger partial charge in [0.25, 0.3) is 0 Å². The van der Waals surface area contributed by atoms with Crippen LogP contribution in [0.25, 0.3) is 0 Å². The van der Waals surface area contributed by atoms with Crippen LogP contribution in [0.2, 0.25) is 0 Å². The second-order valence-corrected chi connectivity index (χ2v) is 4.10. The first-order chi connectivity index (χ1) is 8.04. The molecular weight excluding hydrogens is 228 g/mol. The first kappa shape index (κ1) is 13.7. The van der Waals surface area contributed by atoms with Gasteiger partial charge in [0.05, 0.1) is 13.2 Å². The van der Waals surface area contributed by atoms with E-state index in [9.17, 15) is 9.59 Å². The smallest absolute Gasteiger partial charge is 0.328 e. The first-order valence-corrected chi connectivity index (χ1v) is 5.53. The number of aliphatic carboxylic acids is 1. The summed E-state index contributed by atoms with van der Waals surface area (Å²) in [6.45, 7) is 2.49. The van der Waals surface area contributed by atoms with Gasteiger partial charge in [0.2, 0.25) is 0 Å². The molecule has 7 nitrogen and oxygen atoms in total. The van der Waals surface area contributed by atoms with Crippen LogP contribution in [-0.4, -0.2) is 54.1 Å². The number of hydrogen-bond acceptors (Lipinski definition) is 4. The predicted octanol–water partition coefficient (Wildman–Crippen LogP) is -0.844. The van der Waals surface area contributed by atoms with E-state index in [0.717, 1.165) is 6.42 Å². The van der Waals surface area contributed by atoms with Crippen LogP contribution >= 0.6 is 0 Å². The second kappa shape index (κ2) is 6.41. The van der Waals surface area contributed by atoms with E-state index in [2.05, 4.69) is 10.6 Å². The van der Waals surface area contributed by atoms with Gasteiger partial charge in [-0.15, -0.1) is 0 Å². The molecule has 17 heavy (non-hydrogen) atoms. The fourth-order valence-electron chi connectivity index (χ4n) is 1.66. The number of aliphatic hydroxyl groups is 1. The average molecular weight is 246 g/mol. The maximum Gasteiger partial charge on any atom is 0.328 e. The van der Waals surface area contributed by atoms with Crippen molar-refractivity contribution < 1.29 is 24.5 Å². The van der Waals surface area contributed by atoms with Crippen molar-refractivity contribution in [2.75, 3.05) is 19.8 Å². The number of nitrogens with one attached hydrogen (secondary N) is 2. The van der Waals surface area contributed by atoms with Crippen LogP contribution < -0.4 is 10.6 Å². The molecule has 1 aliphatic heterocycles. The van der Waals surface area contributed by atoms with E-state index in [1.807, 2.05) is 6.92 Å². The molecule has 2 amide bonds. The molecule has 0 spiro atoms. The average Bonchev–Trinajstić information content (AvgIpc) is 2.78. The van der Waals surface area contributed by atoms with Gasteiger partial charge in [-0.2, -0.15) is 0 Å². The van der Waals surface area contributed by atoms with Crippen molar-refractivity contribution in [1.82, 2.24) is 10.6 Å². The summed E-state index contributed by atoms with van der Waals surface area (Å²) in [6, 6.07) is -1.96. The fraction of sp³-hybridized carbons (Fsp3) is 0.800. The van der Waals surface area contributed by atoms with Crippen LogP contribution in [-0.2, 0) is 9.53 Å². The van der Waals surface area contributed by atoms with Crippen molar-refractivity contribution in [3.63, 3.8) is 0 Å². The van der Waals surface area contributed by atoms with E-state index >= 15 is 0 Å². The molecule has 0 aromatic rings. The number of rotatable bonds is 5. The van der Waals surface area contributed by atoms with Crippen molar-refractivity contribution in [3.05, 3.63) is 0 Å². The number of hydrogen-bond donors (Lipinski definition) is 4. The molecule has 4 N–H and O–H groups in total. The number of aliphatic hydroxyl groups excluding tert-OH is 1. The molecule has 0 radical (unpaired) electrons. The van der Waals surface area contributed by atoms with Crippen molar-refractivity contribution in [3.8, 4) is 0 Å². The Kier molecular flexibility index (Phi) is 5.17. The van der Waals surface area contributed by atoms with Crippen molar-refractivity contribution in [2.45, 2.75) is 25.4 Å². The van der Waals surface area contributed by atoms with Gasteiger partial charge >= 0.3 is 12.0 Å².